The van der Waals surface area contributed by atoms with Gasteiger partial charge in [-0.1, -0.05) is 19.0 Å². The fourth-order valence-electron chi connectivity index (χ4n) is 2.50. The number of hydrogen-bond donors (Lipinski definition) is 2. The van der Waals surface area contributed by atoms with Gasteiger partial charge in [0.25, 0.3) is 5.91 Å². The van der Waals surface area contributed by atoms with Crippen molar-refractivity contribution in [3.63, 3.8) is 0 Å². The van der Waals surface area contributed by atoms with Gasteiger partial charge < -0.3 is 14.9 Å². The molecule has 26 heavy (non-hydrogen) atoms. The third kappa shape index (κ3) is 4.48. The third-order valence-corrected chi connectivity index (χ3v) is 5.09. The molecule has 0 aliphatic carbocycles. The molecule has 140 valence electrons. The van der Waals surface area contributed by atoms with Crippen molar-refractivity contribution >= 4 is 27.4 Å². The molecule has 2 aromatic rings. The van der Waals surface area contributed by atoms with E-state index >= 15 is 0 Å². The quantitative estimate of drug-likeness (QED) is 0.756. The topological polar surface area (TPSA) is 127 Å². The summed E-state index contributed by atoms with van der Waals surface area (Å²) in [6.07, 6.45) is 2.66. The van der Waals surface area contributed by atoms with E-state index in [0.717, 1.165) is 25.2 Å². The molecule has 0 atom stereocenters. The van der Waals surface area contributed by atoms with Crippen molar-refractivity contribution in [3.8, 4) is 0 Å². The van der Waals surface area contributed by atoms with E-state index in [1.165, 1.54) is 18.2 Å². The van der Waals surface area contributed by atoms with Gasteiger partial charge in [0.2, 0.25) is 5.76 Å². The fraction of sp³-hybridized carbons (Fsp3) is 0.353. The predicted octanol–water partition coefficient (Wildman–Crippen LogP) is 2.93. The van der Waals surface area contributed by atoms with Gasteiger partial charge in [-0.3, -0.25) is 4.79 Å². The number of sulfone groups is 1. The molecule has 1 heterocycles. The van der Waals surface area contributed by atoms with Crippen LogP contribution in [0.1, 0.15) is 59.2 Å². The minimum atomic E-state index is -3.65. The summed E-state index contributed by atoms with van der Waals surface area (Å²) in [5, 5.41) is 15.5. The first kappa shape index (κ1) is 19.6. The van der Waals surface area contributed by atoms with Crippen molar-refractivity contribution in [2.24, 2.45) is 0 Å². The van der Waals surface area contributed by atoms with Crippen LogP contribution in [0.5, 0.6) is 0 Å². The van der Waals surface area contributed by atoms with E-state index in [2.05, 4.69) is 10.5 Å². The lowest BCUT2D eigenvalue weighted by Gasteiger charge is -2.07. The van der Waals surface area contributed by atoms with Gasteiger partial charge in [0.05, 0.1) is 16.2 Å². The molecule has 1 aromatic carbocycles. The average molecular weight is 380 g/mol. The molecule has 0 radical (unpaired) electrons. The number of rotatable bonds is 7. The van der Waals surface area contributed by atoms with Crippen LogP contribution in [0, 0.1) is 0 Å². The van der Waals surface area contributed by atoms with Crippen LogP contribution in [0.2, 0.25) is 0 Å². The molecule has 0 spiro atoms. The Morgan fingerprint density at radius 2 is 1.85 bits per heavy atom. The van der Waals surface area contributed by atoms with E-state index in [4.69, 9.17) is 9.63 Å². The number of benzene rings is 1. The molecule has 0 bridgehead atoms. The van der Waals surface area contributed by atoms with Gasteiger partial charge in [-0.15, -0.1) is 0 Å². The van der Waals surface area contributed by atoms with Crippen LogP contribution < -0.4 is 5.32 Å². The molecule has 1 amide bonds. The fourth-order valence-corrected chi connectivity index (χ4v) is 3.18. The van der Waals surface area contributed by atoms with E-state index in [1.54, 1.807) is 0 Å². The Bertz CT molecular complexity index is 928. The number of anilines is 1. The maximum absolute atomic E-state index is 12.3. The molecule has 0 unspecified atom stereocenters. The number of carbonyl (C=O) groups is 2. The van der Waals surface area contributed by atoms with Gasteiger partial charge in [0, 0.05) is 23.9 Å². The van der Waals surface area contributed by atoms with Crippen molar-refractivity contribution in [2.75, 3.05) is 11.6 Å². The van der Waals surface area contributed by atoms with Crippen molar-refractivity contribution in [3.05, 3.63) is 41.3 Å². The zero-order valence-electron chi connectivity index (χ0n) is 14.6. The SMILES string of the molecule is CCC(CC)c1cc(C(=O)Nc2cc(C(=O)O)cc(S(C)(=O)=O)c2)on1. The summed E-state index contributed by atoms with van der Waals surface area (Å²) >= 11 is 0. The molecule has 0 saturated carbocycles. The minimum absolute atomic E-state index is 0.0338. The highest BCUT2D eigenvalue weighted by molar-refractivity contribution is 7.90. The summed E-state index contributed by atoms with van der Waals surface area (Å²) in [7, 11) is -3.65. The molecule has 0 aliphatic rings. The minimum Gasteiger partial charge on any atom is -0.478 e. The Morgan fingerprint density at radius 1 is 1.19 bits per heavy atom. The lowest BCUT2D eigenvalue weighted by atomic mass is 9.99. The number of aromatic nitrogens is 1. The first-order valence-corrected chi connectivity index (χ1v) is 9.91. The van der Waals surface area contributed by atoms with Crippen LogP contribution >= 0.6 is 0 Å². The van der Waals surface area contributed by atoms with E-state index in [1.807, 2.05) is 13.8 Å². The van der Waals surface area contributed by atoms with E-state index < -0.39 is 21.7 Å². The summed E-state index contributed by atoms with van der Waals surface area (Å²) in [6, 6.07) is 4.93. The smallest absolute Gasteiger partial charge is 0.335 e. The molecule has 0 aliphatic heterocycles. The number of carboxylic acids is 1. The monoisotopic (exact) mass is 380 g/mol. The van der Waals surface area contributed by atoms with Gasteiger partial charge in [0.15, 0.2) is 9.84 Å². The second-order valence-corrected chi connectivity index (χ2v) is 7.92. The van der Waals surface area contributed by atoms with Crippen LogP contribution in [0.25, 0.3) is 0 Å². The zero-order valence-corrected chi connectivity index (χ0v) is 15.5. The molecule has 9 heteroatoms. The highest BCUT2D eigenvalue weighted by Gasteiger charge is 2.19. The number of hydrogen-bond acceptors (Lipinski definition) is 6. The molecular formula is C17H20N2O6S. The van der Waals surface area contributed by atoms with Crippen molar-refractivity contribution in [1.82, 2.24) is 5.16 Å². The van der Waals surface area contributed by atoms with Gasteiger partial charge in [-0.05, 0) is 31.0 Å². The summed E-state index contributed by atoms with van der Waals surface area (Å²) in [5.74, 6) is -1.81. The standard InChI is InChI=1S/C17H20N2O6S/c1-4-10(5-2)14-9-15(25-19-14)16(20)18-12-6-11(17(21)22)7-13(8-12)26(3,23)24/h6-10H,4-5H2,1-3H3,(H,18,20)(H,21,22). The number of carbonyl (C=O) groups excluding carboxylic acids is 1. The zero-order chi connectivity index (χ0) is 19.5. The van der Waals surface area contributed by atoms with E-state index in [-0.39, 0.29) is 27.8 Å². The number of nitrogens with zero attached hydrogens (tertiary/aromatic N) is 1. The summed E-state index contributed by atoms with van der Waals surface area (Å²) in [4.78, 5) is 23.3. The van der Waals surface area contributed by atoms with Crippen LogP contribution in [0.15, 0.2) is 33.7 Å². The van der Waals surface area contributed by atoms with Crippen LogP contribution in [-0.2, 0) is 9.84 Å². The largest absolute Gasteiger partial charge is 0.478 e. The number of aromatic carboxylic acids is 1. The Morgan fingerprint density at radius 3 is 2.38 bits per heavy atom. The lowest BCUT2D eigenvalue weighted by Crippen LogP contribution is -2.13. The highest BCUT2D eigenvalue weighted by atomic mass is 32.2. The average Bonchev–Trinajstić information content (AvgIpc) is 3.05. The van der Waals surface area contributed by atoms with Crippen molar-refractivity contribution in [1.29, 1.82) is 0 Å². The summed E-state index contributed by atoms with van der Waals surface area (Å²) in [5.41, 5.74) is 0.450. The van der Waals surface area contributed by atoms with Crippen molar-refractivity contribution in [2.45, 2.75) is 37.5 Å². The first-order valence-electron chi connectivity index (χ1n) is 8.02. The van der Waals surface area contributed by atoms with Crippen molar-refractivity contribution < 1.29 is 27.6 Å². The molecular weight excluding hydrogens is 360 g/mol. The first-order chi connectivity index (χ1) is 12.2. The number of amides is 1. The van der Waals surface area contributed by atoms with Crippen LogP contribution in [0.3, 0.4) is 0 Å². The molecule has 2 N–H and O–H groups in total. The summed E-state index contributed by atoms with van der Waals surface area (Å²) in [6.45, 7) is 4.01. The van der Waals surface area contributed by atoms with E-state index in [0.29, 0.717) is 5.69 Å². The maximum Gasteiger partial charge on any atom is 0.335 e. The van der Waals surface area contributed by atoms with Crippen LogP contribution in [-0.4, -0.2) is 36.8 Å². The maximum atomic E-state index is 12.3. The Hall–Kier alpha value is -2.68. The van der Waals surface area contributed by atoms with E-state index in [9.17, 15) is 18.0 Å². The second-order valence-electron chi connectivity index (χ2n) is 5.91. The number of nitrogens with one attached hydrogen (secondary N) is 1. The Balaban J connectivity index is 2.31. The van der Waals surface area contributed by atoms with Gasteiger partial charge in [-0.2, -0.15) is 0 Å². The molecule has 2 rings (SSSR count). The summed E-state index contributed by atoms with van der Waals surface area (Å²) < 4.78 is 28.5. The third-order valence-electron chi connectivity index (χ3n) is 4.00. The van der Waals surface area contributed by atoms with Gasteiger partial charge in [0.1, 0.15) is 0 Å². The second kappa shape index (κ2) is 7.69. The predicted molar refractivity (Wildman–Crippen MR) is 94.3 cm³/mol. The molecule has 1 aromatic heterocycles. The highest BCUT2D eigenvalue weighted by Crippen LogP contribution is 2.24. The van der Waals surface area contributed by atoms with Gasteiger partial charge >= 0.3 is 5.97 Å². The molecule has 8 nitrogen and oxygen atoms in total. The normalized spacial score (nSPS) is 11.5. The lowest BCUT2D eigenvalue weighted by molar-refractivity contribution is 0.0696. The molecule has 0 saturated heterocycles. The number of carboxylic acid groups (broad SMARTS) is 1. The Kier molecular flexibility index (Phi) is 5.81. The van der Waals surface area contributed by atoms with Crippen LogP contribution in [0.4, 0.5) is 5.69 Å². The van der Waals surface area contributed by atoms with Gasteiger partial charge in [-0.25, -0.2) is 13.2 Å². The Labute approximate surface area is 151 Å². The molecule has 0 fully saturated rings.